The van der Waals surface area contributed by atoms with Crippen molar-refractivity contribution < 1.29 is 14.0 Å². The molecular formula is C23H27N3O3. The van der Waals surface area contributed by atoms with Crippen molar-refractivity contribution in [2.75, 3.05) is 11.9 Å². The second-order valence-electron chi connectivity index (χ2n) is 7.61. The Hall–Kier alpha value is -3.12. The molecule has 6 heteroatoms. The number of anilines is 1. The van der Waals surface area contributed by atoms with E-state index in [1.54, 1.807) is 18.2 Å². The Morgan fingerprint density at radius 2 is 1.79 bits per heavy atom. The standard InChI is InChI=1S/C23H27N3O3/c1-15(2)11-19(14-24)25-22(27)12-16-7-9-18(10-8-16)26-23(28)21-13-17-5-3-4-6-20(17)29-21/h3-10,13,15,19H,11-12,14,24H2,1-2H3,(H,25,27)(H,26,28). The minimum absolute atomic E-state index is 0.00938. The number of nitrogens with two attached hydrogens (primary N) is 1. The first-order valence-electron chi connectivity index (χ1n) is 9.83. The molecule has 0 saturated carbocycles. The minimum Gasteiger partial charge on any atom is -0.451 e. The molecule has 0 aliphatic rings. The summed E-state index contributed by atoms with van der Waals surface area (Å²) in [6.07, 6.45) is 1.13. The van der Waals surface area contributed by atoms with E-state index in [9.17, 15) is 9.59 Å². The van der Waals surface area contributed by atoms with Gasteiger partial charge in [0.2, 0.25) is 5.91 Å². The van der Waals surface area contributed by atoms with E-state index in [2.05, 4.69) is 24.5 Å². The summed E-state index contributed by atoms with van der Waals surface area (Å²) in [6.45, 7) is 4.64. The molecule has 3 aromatic rings. The van der Waals surface area contributed by atoms with Gasteiger partial charge in [-0.3, -0.25) is 9.59 Å². The molecule has 0 spiro atoms. The molecule has 1 atom stereocenters. The predicted molar refractivity (Wildman–Crippen MR) is 115 cm³/mol. The molecule has 2 aromatic carbocycles. The molecule has 2 amide bonds. The fourth-order valence-corrected chi connectivity index (χ4v) is 3.24. The topological polar surface area (TPSA) is 97.4 Å². The van der Waals surface area contributed by atoms with Crippen molar-refractivity contribution in [3.63, 3.8) is 0 Å². The van der Waals surface area contributed by atoms with Crippen LogP contribution in [0, 0.1) is 5.92 Å². The van der Waals surface area contributed by atoms with Gasteiger partial charge in [-0.2, -0.15) is 0 Å². The van der Waals surface area contributed by atoms with Gasteiger partial charge in [-0.25, -0.2) is 0 Å². The fourth-order valence-electron chi connectivity index (χ4n) is 3.24. The van der Waals surface area contributed by atoms with Crippen LogP contribution in [0.1, 0.15) is 36.4 Å². The minimum atomic E-state index is -0.314. The van der Waals surface area contributed by atoms with E-state index < -0.39 is 0 Å². The molecule has 0 aliphatic heterocycles. The largest absolute Gasteiger partial charge is 0.451 e. The van der Waals surface area contributed by atoms with E-state index in [-0.39, 0.29) is 30.0 Å². The number of rotatable bonds is 8. The number of hydrogen-bond acceptors (Lipinski definition) is 4. The quantitative estimate of drug-likeness (QED) is 0.543. The Bertz CT molecular complexity index is 943. The number of carbonyl (C=O) groups is 2. The molecule has 0 saturated heterocycles. The Morgan fingerprint density at radius 1 is 1.07 bits per heavy atom. The Balaban J connectivity index is 1.56. The van der Waals surface area contributed by atoms with Crippen molar-refractivity contribution in [3.05, 3.63) is 65.9 Å². The average Bonchev–Trinajstić information content (AvgIpc) is 3.13. The smallest absolute Gasteiger partial charge is 0.291 e. The monoisotopic (exact) mass is 393 g/mol. The van der Waals surface area contributed by atoms with Gasteiger partial charge in [0.15, 0.2) is 5.76 Å². The maximum atomic E-state index is 12.4. The summed E-state index contributed by atoms with van der Waals surface area (Å²) in [6, 6.07) is 16.4. The highest BCUT2D eigenvalue weighted by atomic mass is 16.3. The number of benzene rings is 2. The normalized spacial score (nSPS) is 12.1. The number of furan rings is 1. The lowest BCUT2D eigenvalue weighted by Gasteiger charge is -2.18. The molecule has 0 aliphatic carbocycles. The summed E-state index contributed by atoms with van der Waals surface area (Å²) in [5.41, 5.74) is 7.92. The maximum Gasteiger partial charge on any atom is 0.291 e. The van der Waals surface area contributed by atoms with Crippen LogP contribution >= 0.6 is 0 Å². The van der Waals surface area contributed by atoms with Gasteiger partial charge in [-0.15, -0.1) is 0 Å². The summed E-state index contributed by atoms with van der Waals surface area (Å²) in [7, 11) is 0. The van der Waals surface area contributed by atoms with Crippen LogP contribution < -0.4 is 16.4 Å². The number of amides is 2. The predicted octanol–water partition coefficient (Wildman–Crippen LogP) is 3.72. The zero-order valence-electron chi connectivity index (χ0n) is 16.8. The van der Waals surface area contributed by atoms with Crippen LogP contribution in [-0.2, 0) is 11.2 Å². The maximum absolute atomic E-state index is 12.4. The van der Waals surface area contributed by atoms with Crippen molar-refractivity contribution >= 4 is 28.5 Å². The third-order valence-electron chi connectivity index (χ3n) is 4.63. The van der Waals surface area contributed by atoms with Gasteiger partial charge >= 0.3 is 0 Å². The van der Waals surface area contributed by atoms with E-state index >= 15 is 0 Å². The van der Waals surface area contributed by atoms with Crippen molar-refractivity contribution in [2.45, 2.75) is 32.7 Å². The highest BCUT2D eigenvalue weighted by Gasteiger charge is 2.14. The number of hydrogen-bond donors (Lipinski definition) is 3. The van der Waals surface area contributed by atoms with Gasteiger partial charge in [0.05, 0.1) is 6.42 Å². The van der Waals surface area contributed by atoms with Gasteiger partial charge in [-0.1, -0.05) is 44.2 Å². The number of fused-ring (bicyclic) bond motifs is 1. The van der Waals surface area contributed by atoms with E-state index in [0.717, 1.165) is 17.4 Å². The second kappa shape index (κ2) is 9.39. The first-order valence-corrected chi connectivity index (χ1v) is 9.83. The van der Waals surface area contributed by atoms with Crippen LogP contribution in [0.4, 0.5) is 5.69 Å². The Morgan fingerprint density at radius 3 is 2.45 bits per heavy atom. The van der Waals surface area contributed by atoms with Crippen LogP contribution in [0.15, 0.2) is 59.0 Å². The average molecular weight is 393 g/mol. The summed E-state index contributed by atoms with van der Waals surface area (Å²) in [4.78, 5) is 24.7. The molecule has 0 bridgehead atoms. The molecule has 1 heterocycles. The summed E-state index contributed by atoms with van der Waals surface area (Å²) >= 11 is 0. The third kappa shape index (κ3) is 5.68. The second-order valence-corrected chi connectivity index (χ2v) is 7.61. The zero-order valence-corrected chi connectivity index (χ0v) is 16.8. The first-order chi connectivity index (χ1) is 13.9. The highest BCUT2D eigenvalue weighted by molar-refractivity contribution is 6.04. The van der Waals surface area contributed by atoms with Crippen molar-refractivity contribution in [1.82, 2.24) is 5.32 Å². The number of carbonyl (C=O) groups excluding carboxylic acids is 2. The van der Waals surface area contributed by atoms with Gasteiger partial charge in [-0.05, 0) is 42.2 Å². The van der Waals surface area contributed by atoms with Gasteiger partial charge in [0, 0.05) is 23.7 Å². The molecule has 0 radical (unpaired) electrons. The third-order valence-corrected chi connectivity index (χ3v) is 4.63. The number of para-hydroxylation sites is 1. The summed E-state index contributed by atoms with van der Waals surface area (Å²) in [5, 5.41) is 6.68. The molecule has 3 rings (SSSR count). The van der Waals surface area contributed by atoms with Gasteiger partial charge < -0.3 is 20.8 Å². The number of nitrogens with one attached hydrogen (secondary N) is 2. The molecule has 6 nitrogen and oxygen atoms in total. The van der Waals surface area contributed by atoms with Crippen LogP contribution in [0.3, 0.4) is 0 Å². The molecular weight excluding hydrogens is 366 g/mol. The molecule has 4 N–H and O–H groups in total. The van der Waals surface area contributed by atoms with Crippen LogP contribution in [0.5, 0.6) is 0 Å². The lowest BCUT2D eigenvalue weighted by molar-refractivity contribution is -0.121. The lowest BCUT2D eigenvalue weighted by atomic mass is 10.0. The first kappa shape index (κ1) is 20.6. The summed E-state index contributed by atoms with van der Waals surface area (Å²) < 4.78 is 5.58. The van der Waals surface area contributed by atoms with Gasteiger partial charge in [0.25, 0.3) is 5.91 Å². The SMILES string of the molecule is CC(C)CC(CN)NC(=O)Cc1ccc(NC(=O)c2cc3ccccc3o2)cc1. The highest BCUT2D eigenvalue weighted by Crippen LogP contribution is 2.20. The van der Waals surface area contributed by atoms with Crippen LogP contribution in [-0.4, -0.2) is 24.4 Å². The lowest BCUT2D eigenvalue weighted by Crippen LogP contribution is -2.41. The molecule has 152 valence electrons. The van der Waals surface area contributed by atoms with Gasteiger partial charge in [0.1, 0.15) is 5.58 Å². The molecule has 1 aromatic heterocycles. The van der Waals surface area contributed by atoms with Crippen molar-refractivity contribution in [2.24, 2.45) is 11.7 Å². The van der Waals surface area contributed by atoms with E-state index in [0.29, 0.717) is 23.7 Å². The van der Waals surface area contributed by atoms with E-state index in [1.165, 1.54) is 0 Å². The van der Waals surface area contributed by atoms with Crippen molar-refractivity contribution in [1.29, 1.82) is 0 Å². The Kier molecular flexibility index (Phi) is 6.67. The van der Waals surface area contributed by atoms with E-state index in [4.69, 9.17) is 10.2 Å². The zero-order chi connectivity index (χ0) is 20.8. The Labute approximate surface area is 170 Å². The molecule has 1 unspecified atom stereocenters. The van der Waals surface area contributed by atoms with Crippen LogP contribution in [0.2, 0.25) is 0 Å². The fraction of sp³-hybridized carbons (Fsp3) is 0.304. The molecule has 0 fully saturated rings. The van der Waals surface area contributed by atoms with Crippen molar-refractivity contribution in [3.8, 4) is 0 Å². The molecule has 29 heavy (non-hydrogen) atoms. The summed E-state index contributed by atoms with van der Waals surface area (Å²) in [5.74, 6) is 0.359. The van der Waals surface area contributed by atoms with Crippen LogP contribution in [0.25, 0.3) is 11.0 Å². The van der Waals surface area contributed by atoms with E-state index in [1.807, 2.05) is 36.4 Å².